The molecule has 3 N–H and O–H groups in total. The molecule has 0 spiro atoms. The van der Waals surface area contributed by atoms with Crippen LogP contribution in [0.3, 0.4) is 0 Å². The molecular weight excluding hydrogens is 329 g/mol. The van der Waals surface area contributed by atoms with Gasteiger partial charge in [0, 0.05) is 23.7 Å². The lowest BCUT2D eigenvalue weighted by Crippen LogP contribution is -2.32. The van der Waals surface area contributed by atoms with Gasteiger partial charge in [-0.15, -0.1) is 0 Å². The molecule has 1 heterocycles. The lowest BCUT2D eigenvalue weighted by atomic mass is 10.1. The van der Waals surface area contributed by atoms with Crippen molar-refractivity contribution in [3.63, 3.8) is 0 Å². The van der Waals surface area contributed by atoms with Gasteiger partial charge in [-0.05, 0) is 24.1 Å². The van der Waals surface area contributed by atoms with Gasteiger partial charge in [0.25, 0.3) is 0 Å². The first-order valence-corrected chi connectivity index (χ1v) is 6.99. The molecule has 2 amide bonds. The second-order valence-electron chi connectivity index (χ2n) is 5.41. The minimum atomic E-state index is -5.08. The van der Waals surface area contributed by atoms with Crippen LogP contribution in [0.1, 0.15) is 29.8 Å². The van der Waals surface area contributed by atoms with Crippen molar-refractivity contribution in [2.24, 2.45) is 11.7 Å². The Bertz CT molecular complexity index is 657. The molecule has 1 aliphatic rings. The Morgan fingerprint density at radius 3 is 2.21 bits per heavy atom. The van der Waals surface area contributed by atoms with Crippen LogP contribution in [0.4, 0.5) is 18.9 Å². The summed E-state index contributed by atoms with van der Waals surface area (Å²) in [6.07, 6.45) is -4.24. The molecule has 2 rings (SSSR count). The maximum atomic E-state index is 12.0. The van der Waals surface area contributed by atoms with Crippen molar-refractivity contribution in [2.75, 3.05) is 11.4 Å². The minimum absolute atomic E-state index is 0.0433. The number of aliphatic carboxylic acids is 1. The van der Waals surface area contributed by atoms with Crippen LogP contribution in [-0.4, -0.2) is 35.6 Å². The summed E-state index contributed by atoms with van der Waals surface area (Å²) in [4.78, 5) is 33.8. The van der Waals surface area contributed by atoms with Crippen LogP contribution in [0.25, 0.3) is 0 Å². The number of amides is 2. The lowest BCUT2D eigenvalue weighted by Gasteiger charge is -2.19. The van der Waals surface area contributed by atoms with E-state index < -0.39 is 18.1 Å². The number of hydrogen-bond donors (Lipinski definition) is 2. The molecule has 24 heavy (non-hydrogen) atoms. The molecule has 9 heteroatoms. The number of carbonyl (C=O) groups excluding carboxylic acids is 2. The van der Waals surface area contributed by atoms with E-state index >= 15 is 0 Å². The highest BCUT2D eigenvalue weighted by Crippen LogP contribution is 2.30. The molecule has 0 bridgehead atoms. The molecule has 0 fully saturated rings. The molecule has 0 unspecified atom stereocenters. The van der Waals surface area contributed by atoms with E-state index in [4.69, 9.17) is 15.6 Å². The van der Waals surface area contributed by atoms with Crippen molar-refractivity contribution < 1.29 is 32.7 Å². The fourth-order valence-electron chi connectivity index (χ4n) is 2.07. The zero-order valence-electron chi connectivity index (χ0n) is 13.1. The van der Waals surface area contributed by atoms with Crippen molar-refractivity contribution in [2.45, 2.75) is 26.4 Å². The SMILES string of the molecule is CC(C)C(=O)N1CCc2ccc(C(N)=O)cc21.O=C(O)C(F)(F)F. The second kappa shape index (κ2) is 7.33. The molecule has 6 nitrogen and oxygen atoms in total. The number of hydrogen-bond acceptors (Lipinski definition) is 3. The summed E-state index contributed by atoms with van der Waals surface area (Å²) in [5, 5.41) is 7.12. The monoisotopic (exact) mass is 346 g/mol. The molecule has 0 saturated heterocycles. The fourth-order valence-corrected chi connectivity index (χ4v) is 2.07. The Hall–Kier alpha value is -2.58. The topological polar surface area (TPSA) is 101 Å². The highest BCUT2D eigenvalue weighted by molar-refractivity contribution is 5.99. The number of fused-ring (bicyclic) bond motifs is 1. The van der Waals surface area contributed by atoms with E-state index in [9.17, 15) is 22.8 Å². The van der Waals surface area contributed by atoms with Crippen molar-refractivity contribution in [1.29, 1.82) is 0 Å². The number of benzene rings is 1. The van der Waals surface area contributed by atoms with Gasteiger partial charge in [0.05, 0.1) is 0 Å². The van der Waals surface area contributed by atoms with Crippen molar-refractivity contribution in [3.8, 4) is 0 Å². The quantitative estimate of drug-likeness (QED) is 0.855. The van der Waals surface area contributed by atoms with E-state index in [1.807, 2.05) is 19.9 Å². The summed E-state index contributed by atoms with van der Waals surface area (Å²) in [6, 6.07) is 5.30. The van der Waals surface area contributed by atoms with Gasteiger partial charge in [-0.3, -0.25) is 9.59 Å². The number of carbonyl (C=O) groups is 3. The van der Waals surface area contributed by atoms with Crippen molar-refractivity contribution >= 4 is 23.5 Å². The summed E-state index contributed by atoms with van der Waals surface area (Å²) in [6.45, 7) is 4.44. The second-order valence-corrected chi connectivity index (χ2v) is 5.41. The van der Waals surface area contributed by atoms with Gasteiger partial charge in [-0.1, -0.05) is 19.9 Å². The van der Waals surface area contributed by atoms with Crippen LogP contribution < -0.4 is 10.6 Å². The normalized spacial score (nSPS) is 13.2. The minimum Gasteiger partial charge on any atom is -0.475 e. The maximum Gasteiger partial charge on any atom is 0.490 e. The number of carboxylic acids is 1. The first kappa shape index (κ1) is 19.5. The zero-order valence-corrected chi connectivity index (χ0v) is 13.1. The first-order chi connectivity index (χ1) is 10.9. The molecular formula is C15H17F3N2O4. The van der Waals surface area contributed by atoms with Gasteiger partial charge in [-0.2, -0.15) is 13.2 Å². The van der Waals surface area contributed by atoms with Crippen LogP contribution in [0.5, 0.6) is 0 Å². The Morgan fingerprint density at radius 1 is 1.25 bits per heavy atom. The van der Waals surface area contributed by atoms with Crippen LogP contribution in [0.15, 0.2) is 18.2 Å². The third-order valence-electron chi connectivity index (χ3n) is 3.27. The molecule has 0 radical (unpaired) electrons. The smallest absolute Gasteiger partial charge is 0.475 e. The number of primary amides is 1. The molecule has 1 aromatic carbocycles. The van der Waals surface area contributed by atoms with Gasteiger partial charge < -0.3 is 15.7 Å². The number of alkyl halides is 3. The standard InChI is InChI=1S/C13H16N2O2.C2HF3O2/c1-8(2)13(17)15-6-5-9-3-4-10(12(14)16)7-11(9)15;3-2(4,5)1(6)7/h3-4,7-8H,5-6H2,1-2H3,(H2,14,16);(H,6,7). The van der Waals surface area contributed by atoms with Crippen molar-refractivity contribution in [1.82, 2.24) is 0 Å². The average molecular weight is 346 g/mol. The highest BCUT2D eigenvalue weighted by Gasteiger charge is 2.38. The number of rotatable bonds is 2. The third-order valence-corrected chi connectivity index (χ3v) is 3.27. The zero-order chi connectivity index (χ0) is 18.7. The number of carboxylic acid groups (broad SMARTS) is 1. The summed E-state index contributed by atoms with van der Waals surface area (Å²) < 4.78 is 31.7. The van der Waals surface area contributed by atoms with Crippen LogP contribution in [0.2, 0.25) is 0 Å². The van der Waals surface area contributed by atoms with E-state index in [0.717, 1.165) is 17.7 Å². The van der Waals surface area contributed by atoms with E-state index in [-0.39, 0.29) is 11.8 Å². The van der Waals surface area contributed by atoms with Gasteiger partial charge in [0.15, 0.2) is 0 Å². The number of nitrogens with two attached hydrogens (primary N) is 1. The predicted molar refractivity (Wildman–Crippen MR) is 79.5 cm³/mol. The molecule has 0 atom stereocenters. The first-order valence-electron chi connectivity index (χ1n) is 6.99. The Balaban J connectivity index is 0.000000351. The lowest BCUT2D eigenvalue weighted by molar-refractivity contribution is -0.192. The summed E-state index contributed by atoms with van der Waals surface area (Å²) in [5.41, 5.74) is 7.63. The Labute approximate surface area is 136 Å². The summed E-state index contributed by atoms with van der Waals surface area (Å²) in [7, 11) is 0. The number of anilines is 1. The van der Waals surface area contributed by atoms with Gasteiger partial charge >= 0.3 is 12.1 Å². The van der Waals surface area contributed by atoms with Gasteiger partial charge in [0.2, 0.25) is 11.8 Å². The maximum absolute atomic E-state index is 12.0. The van der Waals surface area contributed by atoms with E-state index in [1.54, 1.807) is 17.0 Å². The molecule has 1 aromatic rings. The molecule has 0 aromatic heterocycles. The van der Waals surface area contributed by atoms with Crippen LogP contribution in [0, 0.1) is 5.92 Å². The van der Waals surface area contributed by atoms with Gasteiger partial charge in [0.1, 0.15) is 0 Å². The number of halogens is 3. The summed E-state index contributed by atoms with van der Waals surface area (Å²) >= 11 is 0. The van der Waals surface area contributed by atoms with Gasteiger partial charge in [-0.25, -0.2) is 4.79 Å². The van der Waals surface area contributed by atoms with E-state index in [0.29, 0.717) is 12.1 Å². The molecule has 0 aliphatic carbocycles. The van der Waals surface area contributed by atoms with E-state index in [2.05, 4.69) is 0 Å². The van der Waals surface area contributed by atoms with Crippen LogP contribution in [-0.2, 0) is 16.0 Å². The average Bonchev–Trinajstić information content (AvgIpc) is 2.88. The predicted octanol–water partition coefficient (Wildman–Crippen LogP) is 1.96. The Kier molecular flexibility index (Phi) is 5.94. The molecule has 0 saturated carbocycles. The molecule has 132 valence electrons. The Morgan fingerprint density at radius 2 is 1.79 bits per heavy atom. The molecule has 1 aliphatic heterocycles. The highest BCUT2D eigenvalue weighted by atomic mass is 19.4. The number of nitrogens with zero attached hydrogens (tertiary/aromatic N) is 1. The third kappa shape index (κ3) is 4.71. The van der Waals surface area contributed by atoms with Crippen molar-refractivity contribution in [3.05, 3.63) is 29.3 Å². The van der Waals surface area contributed by atoms with E-state index in [1.165, 1.54) is 0 Å². The van der Waals surface area contributed by atoms with Crippen LogP contribution >= 0.6 is 0 Å². The fraction of sp³-hybridized carbons (Fsp3) is 0.400. The summed E-state index contributed by atoms with van der Waals surface area (Å²) in [5.74, 6) is -3.17. The largest absolute Gasteiger partial charge is 0.490 e.